The monoisotopic (exact) mass is 396 g/mol. The van der Waals surface area contributed by atoms with E-state index in [2.05, 4.69) is 30.6 Å². The maximum atomic E-state index is 12.6. The molecule has 2 aromatic carbocycles. The van der Waals surface area contributed by atoms with Gasteiger partial charge >= 0.3 is 0 Å². The Morgan fingerprint density at radius 1 is 1.11 bits per heavy atom. The number of aromatic nitrogens is 1. The molecule has 0 aliphatic carbocycles. The van der Waals surface area contributed by atoms with Gasteiger partial charge in [-0.05, 0) is 29.7 Å². The Morgan fingerprint density at radius 2 is 1.75 bits per heavy atom. The molecule has 0 bridgehead atoms. The number of allylic oxidation sites excluding steroid dienone is 1. The van der Waals surface area contributed by atoms with E-state index in [4.69, 9.17) is 9.47 Å². The van der Waals surface area contributed by atoms with Gasteiger partial charge in [0.15, 0.2) is 4.80 Å². The van der Waals surface area contributed by atoms with Crippen molar-refractivity contribution in [3.63, 3.8) is 0 Å². The smallest absolute Gasteiger partial charge is 0.252 e. The van der Waals surface area contributed by atoms with Crippen LogP contribution in [0, 0.1) is 0 Å². The Kier molecular flexibility index (Phi) is 6.31. The number of ether oxygens (including phenoxy) is 2. The SMILES string of the molecule is C=CCn1c(=NC(=O)Cc2ccc(CC)cc2)sc2c(OC)ccc(OC)c21. The molecule has 3 aromatic rings. The zero-order chi connectivity index (χ0) is 20.1. The summed E-state index contributed by atoms with van der Waals surface area (Å²) in [7, 11) is 3.25. The molecule has 1 heterocycles. The Bertz CT molecular complexity index is 1060. The van der Waals surface area contributed by atoms with E-state index in [9.17, 15) is 4.79 Å². The number of hydrogen-bond donors (Lipinski definition) is 0. The lowest BCUT2D eigenvalue weighted by atomic mass is 10.1. The van der Waals surface area contributed by atoms with Crippen molar-refractivity contribution < 1.29 is 14.3 Å². The van der Waals surface area contributed by atoms with Crippen LogP contribution in [0.4, 0.5) is 0 Å². The number of nitrogens with zero attached hydrogens (tertiary/aromatic N) is 2. The highest BCUT2D eigenvalue weighted by Gasteiger charge is 2.16. The van der Waals surface area contributed by atoms with E-state index in [1.54, 1.807) is 20.3 Å². The number of hydrogen-bond acceptors (Lipinski definition) is 4. The molecule has 5 nitrogen and oxygen atoms in total. The van der Waals surface area contributed by atoms with Crippen molar-refractivity contribution in [1.29, 1.82) is 0 Å². The molecule has 6 heteroatoms. The number of aryl methyl sites for hydroxylation is 1. The first-order valence-corrected chi connectivity index (χ1v) is 9.93. The van der Waals surface area contributed by atoms with Crippen LogP contribution in [0.25, 0.3) is 10.2 Å². The molecule has 0 spiro atoms. The van der Waals surface area contributed by atoms with Crippen molar-refractivity contribution in [2.24, 2.45) is 4.99 Å². The van der Waals surface area contributed by atoms with Gasteiger partial charge in [0.25, 0.3) is 5.91 Å². The number of benzene rings is 2. The highest BCUT2D eigenvalue weighted by Crippen LogP contribution is 2.35. The summed E-state index contributed by atoms with van der Waals surface area (Å²) >= 11 is 1.41. The van der Waals surface area contributed by atoms with Crippen LogP contribution in [-0.4, -0.2) is 24.7 Å². The number of amides is 1. The number of carbonyl (C=O) groups excluding carboxylic acids is 1. The summed E-state index contributed by atoms with van der Waals surface area (Å²) in [5.74, 6) is 1.24. The summed E-state index contributed by atoms with van der Waals surface area (Å²) in [5.41, 5.74) is 3.06. The molecule has 0 aliphatic heterocycles. The van der Waals surface area contributed by atoms with Crippen LogP contribution >= 0.6 is 11.3 Å². The predicted molar refractivity (Wildman–Crippen MR) is 113 cm³/mol. The van der Waals surface area contributed by atoms with Crippen LogP contribution in [0.1, 0.15) is 18.1 Å². The molecule has 0 unspecified atom stereocenters. The molecule has 1 aromatic heterocycles. The third-order valence-corrected chi connectivity index (χ3v) is 5.60. The normalized spacial score (nSPS) is 11.6. The minimum atomic E-state index is -0.188. The van der Waals surface area contributed by atoms with Crippen LogP contribution in [-0.2, 0) is 24.2 Å². The average molecular weight is 397 g/mol. The zero-order valence-electron chi connectivity index (χ0n) is 16.4. The molecule has 1 amide bonds. The van der Waals surface area contributed by atoms with Crippen molar-refractivity contribution in [2.75, 3.05) is 14.2 Å². The standard InChI is InChI=1S/C22H24N2O3S/c1-5-13-24-20-17(26-3)11-12-18(27-4)21(20)28-22(24)23-19(25)14-16-9-7-15(6-2)8-10-16/h5,7-12H,1,6,13-14H2,2-4H3. The third-order valence-electron chi connectivity index (χ3n) is 4.51. The summed E-state index contributed by atoms with van der Waals surface area (Å²) in [6, 6.07) is 11.8. The van der Waals surface area contributed by atoms with Gasteiger partial charge in [-0.15, -0.1) is 6.58 Å². The summed E-state index contributed by atoms with van der Waals surface area (Å²) in [4.78, 5) is 17.6. The molecular formula is C22H24N2O3S. The summed E-state index contributed by atoms with van der Waals surface area (Å²) < 4.78 is 13.8. The van der Waals surface area contributed by atoms with Crippen LogP contribution in [0.3, 0.4) is 0 Å². The van der Waals surface area contributed by atoms with E-state index in [1.165, 1.54) is 16.9 Å². The summed E-state index contributed by atoms with van der Waals surface area (Å²) in [6.45, 7) is 6.45. The summed E-state index contributed by atoms with van der Waals surface area (Å²) in [6.07, 6.45) is 3.02. The molecule has 0 aliphatic rings. The van der Waals surface area contributed by atoms with Crippen molar-refractivity contribution in [1.82, 2.24) is 4.57 Å². The molecule has 146 valence electrons. The Labute approximate surface area is 168 Å². The first-order chi connectivity index (χ1) is 13.6. The number of fused-ring (bicyclic) bond motifs is 1. The molecular weight excluding hydrogens is 372 g/mol. The molecule has 0 fully saturated rings. The highest BCUT2D eigenvalue weighted by molar-refractivity contribution is 7.16. The quantitative estimate of drug-likeness (QED) is 0.564. The lowest BCUT2D eigenvalue weighted by molar-refractivity contribution is -0.117. The maximum absolute atomic E-state index is 12.6. The zero-order valence-corrected chi connectivity index (χ0v) is 17.2. The molecule has 0 N–H and O–H groups in total. The minimum absolute atomic E-state index is 0.188. The van der Waals surface area contributed by atoms with E-state index in [-0.39, 0.29) is 12.3 Å². The van der Waals surface area contributed by atoms with Crippen molar-refractivity contribution in [2.45, 2.75) is 26.3 Å². The van der Waals surface area contributed by atoms with Crippen molar-refractivity contribution >= 4 is 27.5 Å². The second-order valence-corrected chi connectivity index (χ2v) is 7.26. The third kappa shape index (κ3) is 4.02. The first kappa shape index (κ1) is 19.9. The van der Waals surface area contributed by atoms with E-state index in [0.29, 0.717) is 17.1 Å². The number of methoxy groups -OCH3 is 2. The fourth-order valence-corrected chi connectivity index (χ4v) is 4.22. The van der Waals surface area contributed by atoms with Gasteiger partial charge in [-0.1, -0.05) is 48.6 Å². The van der Waals surface area contributed by atoms with Crippen molar-refractivity contribution in [3.05, 3.63) is 65.0 Å². The van der Waals surface area contributed by atoms with Crippen molar-refractivity contribution in [3.8, 4) is 11.5 Å². The Balaban J connectivity index is 2.05. The minimum Gasteiger partial charge on any atom is -0.495 e. The lowest BCUT2D eigenvalue weighted by Gasteiger charge is -2.08. The second-order valence-electron chi connectivity index (χ2n) is 6.28. The summed E-state index contributed by atoms with van der Waals surface area (Å²) in [5, 5.41) is 0. The molecule has 0 radical (unpaired) electrons. The van der Waals surface area contributed by atoms with E-state index >= 15 is 0 Å². The van der Waals surface area contributed by atoms with E-state index in [0.717, 1.165) is 28.0 Å². The van der Waals surface area contributed by atoms with Gasteiger partial charge in [0.1, 0.15) is 21.7 Å². The molecule has 0 atom stereocenters. The topological polar surface area (TPSA) is 52.8 Å². The number of thiazole rings is 1. The van der Waals surface area contributed by atoms with Gasteiger partial charge in [0, 0.05) is 6.54 Å². The maximum Gasteiger partial charge on any atom is 0.252 e. The van der Waals surface area contributed by atoms with Crippen LogP contribution in [0.15, 0.2) is 54.0 Å². The van der Waals surface area contributed by atoms with Gasteiger partial charge in [-0.25, -0.2) is 0 Å². The fourth-order valence-electron chi connectivity index (χ4n) is 3.05. The average Bonchev–Trinajstić information content (AvgIpc) is 3.06. The molecule has 28 heavy (non-hydrogen) atoms. The van der Waals surface area contributed by atoms with Crippen LogP contribution in [0.2, 0.25) is 0 Å². The molecule has 3 rings (SSSR count). The van der Waals surface area contributed by atoms with E-state index in [1.807, 2.05) is 28.8 Å². The predicted octanol–water partition coefficient (Wildman–Crippen LogP) is 4.14. The van der Waals surface area contributed by atoms with E-state index < -0.39 is 0 Å². The highest BCUT2D eigenvalue weighted by atomic mass is 32.1. The van der Waals surface area contributed by atoms with Crippen LogP contribution in [0.5, 0.6) is 11.5 Å². The number of carbonyl (C=O) groups is 1. The largest absolute Gasteiger partial charge is 0.495 e. The Hall–Kier alpha value is -2.86. The Morgan fingerprint density at radius 3 is 2.36 bits per heavy atom. The van der Waals surface area contributed by atoms with Gasteiger partial charge in [0.2, 0.25) is 0 Å². The van der Waals surface area contributed by atoms with Crippen LogP contribution < -0.4 is 14.3 Å². The fraction of sp³-hybridized carbons (Fsp3) is 0.273. The lowest BCUT2D eigenvalue weighted by Crippen LogP contribution is -2.17. The second kappa shape index (κ2) is 8.89. The molecule has 0 saturated carbocycles. The van der Waals surface area contributed by atoms with Gasteiger partial charge < -0.3 is 14.0 Å². The number of rotatable bonds is 7. The first-order valence-electron chi connectivity index (χ1n) is 9.11. The van der Waals surface area contributed by atoms with Gasteiger partial charge in [-0.3, -0.25) is 4.79 Å². The molecule has 0 saturated heterocycles. The van der Waals surface area contributed by atoms with Gasteiger partial charge in [0.05, 0.1) is 20.6 Å². The van der Waals surface area contributed by atoms with Gasteiger partial charge in [-0.2, -0.15) is 4.99 Å².